The Morgan fingerprint density at radius 1 is 0.920 bits per heavy atom. The third-order valence-corrected chi connectivity index (χ3v) is 3.50. The van der Waals surface area contributed by atoms with Crippen molar-refractivity contribution in [3.05, 3.63) is 12.2 Å². The lowest BCUT2D eigenvalue weighted by molar-refractivity contribution is -0.135. The highest BCUT2D eigenvalue weighted by molar-refractivity contribution is 5.68. The van der Waals surface area contributed by atoms with E-state index in [9.17, 15) is 9.59 Å². The zero-order valence-corrected chi connectivity index (χ0v) is 17.2. The molecule has 0 radical (unpaired) electrons. The first-order valence-electron chi connectivity index (χ1n) is 9.99. The molecule has 4 heteroatoms. The quantitative estimate of drug-likeness (QED) is 0.222. The Hall–Kier alpha value is -1.16. The first-order valence-corrected chi connectivity index (χ1v) is 9.99. The van der Waals surface area contributed by atoms with E-state index in [4.69, 9.17) is 5.11 Å². The molecule has 0 unspecified atom stereocenters. The van der Waals surface area contributed by atoms with Crippen LogP contribution < -0.4 is 5.32 Å². The number of rotatable bonds is 15. The van der Waals surface area contributed by atoms with E-state index in [1.54, 1.807) is 7.05 Å². The van der Waals surface area contributed by atoms with Crippen LogP contribution >= 0.6 is 0 Å². The predicted molar refractivity (Wildman–Crippen MR) is 109 cm³/mol. The van der Waals surface area contributed by atoms with Crippen molar-refractivity contribution in [2.75, 3.05) is 13.6 Å². The fraction of sp³-hybridized carbons (Fsp3) is 0.810. The highest BCUT2D eigenvalue weighted by Crippen LogP contribution is 2.12. The van der Waals surface area contributed by atoms with E-state index in [0.717, 1.165) is 19.1 Å². The van der Waals surface area contributed by atoms with Gasteiger partial charge in [-0.25, -0.2) is 0 Å². The Bertz CT molecular complexity index is 291. The number of carbonyl (C=O) groups excluding carboxylic acids is 1. The summed E-state index contributed by atoms with van der Waals surface area (Å²) in [5.41, 5.74) is 1.32. The average molecular weight is 358 g/mol. The van der Waals surface area contributed by atoms with Gasteiger partial charge in [-0.1, -0.05) is 70.8 Å². The number of hydrogen-bond acceptors (Lipinski definition) is 3. The molecule has 150 valence electrons. The zero-order valence-electron chi connectivity index (χ0n) is 17.2. The van der Waals surface area contributed by atoms with Crippen LogP contribution in [0.5, 0.6) is 0 Å². The van der Waals surface area contributed by atoms with E-state index < -0.39 is 5.97 Å². The molecule has 0 heterocycles. The zero-order chi connectivity index (χ0) is 19.8. The maximum Gasteiger partial charge on any atom is 0.317 e. The van der Waals surface area contributed by atoms with Crippen LogP contribution in [0.3, 0.4) is 0 Å². The van der Waals surface area contributed by atoms with Crippen LogP contribution in [0.1, 0.15) is 97.8 Å². The van der Waals surface area contributed by atoms with Gasteiger partial charge in [-0.05, 0) is 33.2 Å². The third kappa shape index (κ3) is 39.5. The van der Waals surface area contributed by atoms with Gasteiger partial charge >= 0.3 is 5.97 Å². The van der Waals surface area contributed by atoms with Gasteiger partial charge in [0.25, 0.3) is 0 Å². The predicted octanol–water partition coefficient (Wildman–Crippen LogP) is 5.76. The minimum absolute atomic E-state index is 0.0417. The number of likely N-dealkylation sites (N-methyl/N-ethyl adjacent to an activating group) is 1. The van der Waals surface area contributed by atoms with Gasteiger partial charge in [0.1, 0.15) is 6.29 Å². The molecule has 0 spiro atoms. The number of allylic oxidation sites excluding steroid dienone is 1. The molecule has 0 saturated carbocycles. The van der Waals surface area contributed by atoms with Gasteiger partial charge in [0.15, 0.2) is 0 Å². The van der Waals surface area contributed by atoms with Crippen molar-refractivity contribution < 1.29 is 14.7 Å². The maximum atomic E-state index is 10.1. The number of carbonyl (C=O) groups is 2. The molecule has 0 saturated heterocycles. The molecule has 0 aliphatic carbocycles. The van der Waals surface area contributed by atoms with E-state index >= 15 is 0 Å². The summed E-state index contributed by atoms with van der Waals surface area (Å²) in [6, 6.07) is 0. The molecule has 0 rings (SSSR count). The molecule has 0 fully saturated rings. The van der Waals surface area contributed by atoms with Gasteiger partial charge in [-0.3, -0.25) is 4.79 Å². The Morgan fingerprint density at radius 3 is 1.60 bits per heavy atom. The maximum absolute atomic E-state index is 10.1. The Morgan fingerprint density at radius 2 is 1.32 bits per heavy atom. The van der Waals surface area contributed by atoms with Crippen LogP contribution in [0.2, 0.25) is 0 Å². The SMILES string of the molecule is C=C(C)CCCCCCCCCCCCC=O.CC.CNCC(=O)O. The molecule has 0 bridgehead atoms. The fourth-order valence-corrected chi connectivity index (χ4v) is 2.22. The van der Waals surface area contributed by atoms with E-state index in [1.807, 2.05) is 13.8 Å². The van der Waals surface area contributed by atoms with Crippen molar-refractivity contribution in [1.29, 1.82) is 0 Å². The highest BCUT2D eigenvalue weighted by atomic mass is 16.4. The molecule has 4 nitrogen and oxygen atoms in total. The molecular formula is C21H43NO3. The van der Waals surface area contributed by atoms with Crippen molar-refractivity contribution in [3.63, 3.8) is 0 Å². The van der Waals surface area contributed by atoms with Crippen LogP contribution in [0.15, 0.2) is 12.2 Å². The number of aliphatic carboxylic acids is 1. The average Bonchev–Trinajstić information content (AvgIpc) is 2.58. The van der Waals surface area contributed by atoms with Gasteiger partial charge in [0, 0.05) is 6.42 Å². The summed E-state index contributed by atoms with van der Waals surface area (Å²) < 4.78 is 0. The van der Waals surface area contributed by atoms with Gasteiger partial charge in [0.2, 0.25) is 0 Å². The second-order valence-electron chi connectivity index (χ2n) is 6.12. The molecule has 0 aromatic rings. The number of carboxylic acid groups (broad SMARTS) is 1. The lowest BCUT2D eigenvalue weighted by Crippen LogP contribution is -2.16. The molecule has 0 aliphatic rings. The smallest absolute Gasteiger partial charge is 0.317 e. The van der Waals surface area contributed by atoms with Crippen LogP contribution in [0.4, 0.5) is 0 Å². The summed E-state index contributed by atoms with van der Waals surface area (Å²) in [4.78, 5) is 19.6. The number of unbranched alkanes of at least 4 members (excludes halogenated alkanes) is 10. The Balaban J connectivity index is -0.000000507. The largest absolute Gasteiger partial charge is 0.480 e. The van der Waals surface area contributed by atoms with Crippen molar-refractivity contribution in [3.8, 4) is 0 Å². The second kappa shape index (κ2) is 27.7. The fourth-order valence-electron chi connectivity index (χ4n) is 2.22. The summed E-state index contributed by atoms with van der Waals surface area (Å²) in [7, 11) is 1.59. The Labute approximate surface area is 156 Å². The van der Waals surface area contributed by atoms with Crippen LogP contribution in [-0.2, 0) is 9.59 Å². The molecular weight excluding hydrogens is 314 g/mol. The third-order valence-electron chi connectivity index (χ3n) is 3.50. The van der Waals surface area contributed by atoms with Gasteiger partial charge in [-0.15, -0.1) is 6.58 Å². The first kappa shape index (κ1) is 28.6. The van der Waals surface area contributed by atoms with E-state index in [2.05, 4.69) is 18.8 Å². The van der Waals surface area contributed by atoms with Crippen LogP contribution in [-0.4, -0.2) is 31.0 Å². The van der Waals surface area contributed by atoms with Gasteiger partial charge in [0.05, 0.1) is 6.54 Å². The first-order chi connectivity index (χ1) is 12.0. The summed E-state index contributed by atoms with van der Waals surface area (Å²) in [5.74, 6) is -0.822. The van der Waals surface area contributed by atoms with Gasteiger partial charge < -0.3 is 15.2 Å². The van der Waals surface area contributed by atoms with Crippen molar-refractivity contribution in [1.82, 2.24) is 5.32 Å². The van der Waals surface area contributed by atoms with Crippen molar-refractivity contribution in [2.45, 2.75) is 97.8 Å². The lowest BCUT2D eigenvalue weighted by Gasteiger charge is -2.02. The summed E-state index contributed by atoms with van der Waals surface area (Å²) >= 11 is 0. The molecule has 2 N–H and O–H groups in total. The summed E-state index contributed by atoms with van der Waals surface area (Å²) in [5, 5.41) is 10.3. The normalized spacial score (nSPS) is 9.28. The van der Waals surface area contributed by atoms with E-state index in [-0.39, 0.29) is 6.54 Å². The number of aldehydes is 1. The molecule has 0 atom stereocenters. The summed E-state index contributed by atoms with van der Waals surface area (Å²) in [6.45, 7) is 10.1. The van der Waals surface area contributed by atoms with Crippen molar-refractivity contribution in [2.24, 2.45) is 0 Å². The molecule has 25 heavy (non-hydrogen) atoms. The monoisotopic (exact) mass is 357 g/mol. The Kier molecular flexibility index (Phi) is 31.7. The summed E-state index contributed by atoms with van der Waals surface area (Å²) in [6.07, 6.45) is 16.2. The second-order valence-corrected chi connectivity index (χ2v) is 6.12. The van der Waals surface area contributed by atoms with Gasteiger partial charge in [-0.2, -0.15) is 0 Å². The minimum atomic E-state index is -0.822. The minimum Gasteiger partial charge on any atom is -0.480 e. The molecule has 0 amide bonds. The number of carboxylic acids is 1. The molecule has 0 aromatic heterocycles. The standard InChI is InChI=1S/C16H30O.C3H7NO2.C2H6/c1-16(2)14-12-10-8-6-4-3-5-7-9-11-13-15-17;1-4-2-3(5)6;1-2/h15H,1,3-14H2,2H3;4H,2H2,1H3,(H,5,6);1-2H3. The topological polar surface area (TPSA) is 66.4 Å². The molecule has 0 aliphatic heterocycles. The number of hydrogen-bond donors (Lipinski definition) is 2. The van der Waals surface area contributed by atoms with E-state index in [0.29, 0.717) is 0 Å². The van der Waals surface area contributed by atoms with E-state index in [1.165, 1.54) is 69.8 Å². The van der Waals surface area contributed by atoms with Crippen LogP contribution in [0.25, 0.3) is 0 Å². The highest BCUT2D eigenvalue weighted by Gasteiger charge is 1.93. The van der Waals surface area contributed by atoms with Crippen molar-refractivity contribution >= 4 is 12.3 Å². The van der Waals surface area contributed by atoms with Crippen LogP contribution in [0, 0.1) is 0 Å². The molecule has 0 aromatic carbocycles. The lowest BCUT2D eigenvalue weighted by atomic mass is 10.0. The number of nitrogens with one attached hydrogen (secondary N) is 1.